The number of benzene rings is 3. The molecule has 0 radical (unpaired) electrons. The number of rotatable bonds is 9. The fourth-order valence-corrected chi connectivity index (χ4v) is 5.97. The van der Waals surface area contributed by atoms with E-state index in [1.807, 2.05) is 20.8 Å². The molecule has 1 aliphatic rings. The summed E-state index contributed by atoms with van der Waals surface area (Å²) >= 11 is 0. The molecule has 0 aromatic heterocycles. The van der Waals surface area contributed by atoms with Crippen molar-refractivity contribution in [1.82, 2.24) is 5.32 Å². The summed E-state index contributed by atoms with van der Waals surface area (Å²) in [5.41, 5.74) is 5.11. The van der Waals surface area contributed by atoms with Gasteiger partial charge in [0.2, 0.25) is 5.91 Å². The van der Waals surface area contributed by atoms with Crippen molar-refractivity contribution in [1.29, 1.82) is 0 Å². The molecule has 4 rings (SSSR count). The molecular weight excluding hydrogens is 472 g/mol. The van der Waals surface area contributed by atoms with Crippen LogP contribution in [-0.4, -0.2) is 27.5 Å². The highest BCUT2D eigenvalue weighted by Gasteiger charge is 2.28. The average molecular weight is 507 g/mol. The first-order chi connectivity index (χ1) is 17.3. The van der Waals surface area contributed by atoms with Gasteiger partial charge in [0.15, 0.2) is 0 Å². The minimum absolute atomic E-state index is 0.137. The Hall–Kier alpha value is -3.32. The van der Waals surface area contributed by atoms with Gasteiger partial charge in [-0.05, 0) is 99.5 Å². The molecule has 1 N–H and O–H groups in total. The van der Waals surface area contributed by atoms with Crippen LogP contribution in [0.2, 0.25) is 0 Å². The van der Waals surface area contributed by atoms with E-state index in [4.69, 9.17) is 4.74 Å². The van der Waals surface area contributed by atoms with Crippen molar-refractivity contribution in [2.45, 2.75) is 57.4 Å². The van der Waals surface area contributed by atoms with Gasteiger partial charge in [-0.3, -0.25) is 9.10 Å². The predicted octanol–water partition coefficient (Wildman–Crippen LogP) is 5.35. The van der Waals surface area contributed by atoms with Crippen molar-refractivity contribution in [3.05, 3.63) is 89.0 Å². The van der Waals surface area contributed by atoms with E-state index in [0.717, 1.165) is 28.3 Å². The van der Waals surface area contributed by atoms with Crippen LogP contribution < -0.4 is 14.4 Å². The SMILES string of the molecule is CCOc1ccc(N(CC(=O)N[C@@H](C)c2ccc3c(c2)CCCC3)S(=O)(=O)c2ccc(C)cc2)cc1. The zero-order valence-electron chi connectivity index (χ0n) is 21.2. The van der Waals surface area contributed by atoms with Gasteiger partial charge < -0.3 is 10.1 Å². The highest BCUT2D eigenvalue weighted by atomic mass is 32.2. The summed E-state index contributed by atoms with van der Waals surface area (Å²) in [4.78, 5) is 13.3. The van der Waals surface area contributed by atoms with Crippen LogP contribution >= 0.6 is 0 Å². The number of hydrogen-bond acceptors (Lipinski definition) is 4. The van der Waals surface area contributed by atoms with Crippen molar-refractivity contribution >= 4 is 21.6 Å². The standard InChI is InChI=1S/C29H34N2O4S/c1-4-35-27-15-13-26(14-16-27)31(36(33,34)28-17-9-21(2)10-18-28)20-29(32)30-22(3)24-12-11-23-7-5-6-8-25(23)19-24/h9-19,22H,4-8,20H2,1-3H3,(H,30,32)/t22-/m0/s1. The first kappa shape index (κ1) is 25.8. The maximum Gasteiger partial charge on any atom is 0.264 e. The Morgan fingerprint density at radius 1 is 0.972 bits per heavy atom. The molecule has 0 saturated carbocycles. The molecule has 0 fully saturated rings. The first-order valence-electron chi connectivity index (χ1n) is 12.5. The van der Waals surface area contributed by atoms with Gasteiger partial charge >= 0.3 is 0 Å². The Morgan fingerprint density at radius 2 is 1.64 bits per heavy atom. The summed E-state index contributed by atoms with van der Waals surface area (Å²) in [7, 11) is -3.97. The fraction of sp³-hybridized carbons (Fsp3) is 0.345. The Balaban J connectivity index is 1.57. The molecule has 190 valence electrons. The second-order valence-electron chi connectivity index (χ2n) is 9.28. The number of carbonyl (C=O) groups excluding carboxylic acids is 1. The summed E-state index contributed by atoms with van der Waals surface area (Å²) in [5.74, 6) is 0.268. The molecule has 1 amide bonds. The van der Waals surface area contributed by atoms with Gasteiger partial charge in [0, 0.05) is 0 Å². The lowest BCUT2D eigenvalue weighted by atomic mass is 9.89. The number of aryl methyl sites for hydroxylation is 3. The molecule has 3 aromatic rings. The number of anilines is 1. The van der Waals surface area contributed by atoms with Gasteiger partial charge in [-0.2, -0.15) is 0 Å². The Bertz CT molecular complexity index is 1300. The smallest absolute Gasteiger partial charge is 0.264 e. The maximum atomic E-state index is 13.6. The molecule has 6 nitrogen and oxygen atoms in total. The minimum atomic E-state index is -3.97. The second-order valence-corrected chi connectivity index (χ2v) is 11.1. The highest BCUT2D eigenvalue weighted by Crippen LogP contribution is 2.27. The number of nitrogens with zero attached hydrogens (tertiary/aromatic N) is 1. The number of carbonyl (C=O) groups is 1. The average Bonchev–Trinajstić information content (AvgIpc) is 2.88. The van der Waals surface area contributed by atoms with Gasteiger partial charge in [-0.1, -0.05) is 35.9 Å². The van der Waals surface area contributed by atoms with Gasteiger partial charge in [0.05, 0.1) is 23.2 Å². The number of fused-ring (bicyclic) bond motifs is 1. The van der Waals surface area contributed by atoms with Crippen LogP contribution in [0.5, 0.6) is 5.75 Å². The van der Waals surface area contributed by atoms with Crippen LogP contribution in [0.1, 0.15) is 55.0 Å². The summed E-state index contributed by atoms with van der Waals surface area (Å²) in [6.07, 6.45) is 4.56. The van der Waals surface area contributed by atoms with Crippen LogP contribution in [0.3, 0.4) is 0 Å². The topological polar surface area (TPSA) is 75.7 Å². The second kappa shape index (κ2) is 11.2. The van der Waals surface area contributed by atoms with Crippen molar-refractivity contribution < 1.29 is 17.9 Å². The quantitative estimate of drug-likeness (QED) is 0.425. The largest absolute Gasteiger partial charge is 0.494 e. The fourth-order valence-electron chi connectivity index (χ4n) is 4.55. The molecule has 0 bridgehead atoms. The number of hydrogen-bond donors (Lipinski definition) is 1. The number of ether oxygens (including phenoxy) is 1. The van der Waals surface area contributed by atoms with Crippen LogP contribution in [-0.2, 0) is 27.7 Å². The van der Waals surface area contributed by atoms with Gasteiger partial charge in [-0.25, -0.2) is 8.42 Å². The molecular formula is C29H34N2O4S. The normalized spacial score (nSPS) is 14.0. The van der Waals surface area contributed by atoms with E-state index in [9.17, 15) is 13.2 Å². The molecule has 0 heterocycles. The lowest BCUT2D eigenvalue weighted by molar-refractivity contribution is -0.120. The van der Waals surface area contributed by atoms with E-state index in [0.29, 0.717) is 18.0 Å². The van der Waals surface area contributed by atoms with Crippen molar-refractivity contribution in [3.63, 3.8) is 0 Å². The van der Waals surface area contributed by atoms with E-state index in [-0.39, 0.29) is 23.4 Å². The van der Waals surface area contributed by atoms with E-state index in [2.05, 4.69) is 23.5 Å². The number of sulfonamides is 1. The third-order valence-electron chi connectivity index (χ3n) is 6.58. The van der Waals surface area contributed by atoms with E-state index < -0.39 is 10.0 Å². The van der Waals surface area contributed by atoms with Crippen molar-refractivity contribution in [2.75, 3.05) is 17.5 Å². The lowest BCUT2D eigenvalue weighted by Crippen LogP contribution is -2.41. The zero-order chi connectivity index (χ0) is 25.7. The monoisotopic (exact) mass is 506 g/mol. The minimum Gasteiger partial charge on any atom is -0.494 e. The molecule has 3 aromatic carbocycles. The van der Waals surface area contributed by atoms with E-state index >= 15 is 0 Å². The molecule has 36 heavy (non-hydrogen) atoms. The molecule has 0 unspecified atom stereocenters. The first-order valence-corrected chi connectivity index (χ1v) is 14.0. The van der Waals surface area contributed by atoms with Crippen LogP contribution in [0.15, 0.2) is 71.6 Å². The van der Waals surface area contributed by atoms with Gasteiger partial charge in [0.1, 0.15) is 12.3 Å². The van der Waals surface area contributed by atoms with Crippen molar-refractivity contribution in [3.8, 4) is 5.75 Å². The van der Waals surface area contributed by atoms with Crippen LogP contribution in [0.4, 0.5) is 5.69 Å². The van der Waals surface area contributed by atoms with Crippen molar-refractivity contribution in [2.24, 2.45) is 0 Å². The van der Waals surface area contributed by atoms with E-state index in [1.54, 1.807) is 48.5 Å². The summed E-state index contributed by atoms with van der Waals surface area (Å²) in [5, 5.41) is 3.00. The molecule has 0 spiro atoms. The molecule has 1 atom stereocenters. The summed E-state index contributed by atoms with van der Waals surface area (Å²) < 4.78 is 33.9. The lowest BCUT2D eigenvalue weighted by Gasteiger charge is -2.26. The third-order valence-corrected chi connectivity index (χ3v) is 8.37. The summed E-state index contributed by atoms with van der Waals surface area (Å²) in [6.45, 7) is 5.89. The summed E-state index contributed by atoms with van der Waals surface area (Å²) in [6, 6.07) is 19.5. The predicted molar refractivity (Wildman–Crippen MR) is 143 cm³/mol. The molecule has 0 aliphatic heterocycles. The van der Waals surface area contributed by atoms with Crippen LogP contribution in [0, 0.1) is 6.92 Å². The van der Waals surface area contributed by atoms with Crippen LogP contribution in [0.25, 0.3) is 0 Å². The third kappa shape index (κ3) is 5.90. The Labute approximate surface area is 214 Å². The van der Waals surface area contributed by atoms with Gasteiger partial charge in [-0.15, -0.1) is 0 Å². The molecule has 0 saturated heterocycles. The maximum absolute atomic E-state index is 13.6. The van der Waals surface area contributed by atoms with Gasteiger partial charge in [0.25, 0.3) is 10.0 Å². The van der Waals surface area contributed by atoms with E-state index in [1.165, 1.54) is 24.0 Å². The Morgan fingerprint density at radius 3 is 2.31 bits per heavy atom. The number of nitrogens with one attached hydrogen (secondary N) is 1. The Kier molecular flexibility index (Phi) is 7.99. The number of amides is 1. The highest BCUT2D eigenvalue weighted by molar-refractivity contribution is 7.92. The molecule has 7 heteroatoms. The molecule has 1 aliphatic carbocycles. The zero-order valence-corrected chi connectivity index (χ0v) is 22.0.